The Morgan fingerprint density at radius 1 is 1.41 bits per heavy atom. The van der Waals surface area contributed by atoms with E-state index in [4.69, 9.17) is 4.74 Å². The minimum Gasteiger partial charge on any atom is -0.489 e. The second-order valence-electron chi connectivity index (χ2n) is 7.25. The summed E-state index contributed by atoms with van der Waals surface area (Å²) >= 11 is 0. The molecule has 2 aromatic rings. The molecule has 7 heteroatoms. The van der Waals surface area contributed by atoms with E-state index in [9.17, 15) is 9.59 Å². The second-order valence-corrected chi connectivity index (χ2v) is 7.25. The molecule has 1 aliphatic carbocycles. The van der Waals surface area contributed by atoms with Crippen LogP contribution in [0.25, 0.3) is 0 Å². The van der Waals surface area contributed by atoms with E-state index in [-0.39, 0.29) is 18.4 Å². The van der Waals surface area contributed by atoms with Crippen LogP contribution in [0.3, 0.4) is 0 Å². The molecular formula is C20H24N4O3. The first-order valence-corrected chi connectivity index (χ1v) is 9.44. The number of H-pyrrole nitrogens is 1. The van der Waals surface area contributed by atoms with Crippen LogP contribution in [0.1, 0.15) is 41.5 Å². The van der Waals surface area contributed by atoms with Gasteiger partial charge in [-0.15, -0.1) is 0 Å². The minimum atomic E-state index is -0.757. The molecule has 2 heterocycles. The van der Waals surface area contributed by atoms with E-state index >= 15 is 0 Å². The van der Waals surface area contributed by atoms with Gasteiger partial charge < -0.3 is 15.0 Å². The number of aromatic nitrogens is 2. The molecule has 1 aromatic carbocycles. The number of benzene rings is 1. The van der Waals surface area contributed by atoms with E-state index < -0.39 is 6.04 Å². The van der Waals surface area contributed by atoms with E-state index in [1.807, 2.05) is 24.3 Å². The number of nitrogens with zero attached hydrogens (tertiary/aromatic N) is 2. The predicted molar refractivity (Wildman–Crippen MR) is 101 cm³/mol. The van der Waals surface area contributed by atoms with Gasteiger partial charge in [-0.3, -0.25) is 14.7 Å². The number of rotatable bonds is 3. The van der Waals surface area contributed by atoms with Gasteiger partial charge in [-0.2, -0.15) is 5.10 Å². The van der Waals surface area contributed by atoms with Crippen molar-refractivity contribution >= 4 is 17.5 Å². The van der Waals surface area contributed by atoms with Crippen LogP contribution in [0.5, 0.6) is 5.75 Å². The third kappa shape index (κ3) is 3.18. The maximum absolute atomic E-state index is 12.9. The number of carbonyl (C=O) groups excluding carboxylic acids is 2. The van der Waals surface area contributed by atoms with Gasteiger partial charge in [-0.05, 0) is 37.3 Å². The number of anilines is 1. The molecule has 2 aliphatic rings. The molecule has 2 amide bonds. The summed E-state index contributed by atoms with van der Waals surface area (Å²) in [5.74, 6) is 0.674. The molecule has 142 valence electrons. The van der Waals surface area contributed by atoms with Gasteiger partial charge in [0.1, 0.15) is 18.4 Å². The number of para-hydroxylation sites is 2. The lowest BCUT2D eigenvalue weighted by atomic mass is 9.85. The maximum atomic E-state index is 12.9. The maximum Gasteiger partial charge on any atom is 0.272 e. The fraction of sp³-hybridized carbons (Fsp3) is 0.450. The molecule has 7 nitrogen and oxygen atoms in total. The van der Waals surface area contributed by atoms with Crippen molar-refractivity contribution in [2.45, 2.75) is 38.6 Å². The first kappa shape index (κ1) is 17.6. The summed E-state index contributed by atoms with van der Waals surface area (Å²) in [6.07, 6.45) is 3.97. The molecule has 1 aliphatic heterocycles. The number of aromatic amines is 1. The quantitative estimate of drug-likeness (QED) is 0.868. The summed E-state index contributed by atoms with van der Waals surface area (Å²) in [5, 5.41) is 10.1. The Kier molecular flexibility index (Phi) is 4.59. The monoisotopic (exact) mass is 368 g/mol. The zero-order chi connectivity index (χ0) is 19.0. The van der Waals surface area contributed by atoms with Crippen LogP contribution in [0.2, 0.25) is 0 Å². The Hall–Kier alpha value is -2.83. The first-order valence-electron chi connectivity index (χ1n) is 9.44. The van der Waals surface area contributed by atoms with E-state index in [0.717, 1.165) is 36.9 Å². The van der Waals surface area contributed by atoms with E-state index in [0.29, 0.717) is 23.0 Å². The van der Waals surface area contributed by atoms with Crippen molar-refractivity contribution in [3.63, 3.8) is 0 Å². The van der Waals surface area contributed by atoms with Crippen LogP contribution in [0, 0.1) is 5.92 Å². The Balaban J connectivity index is 1.53. The van der Waals surface area contributed by atoms with Crippen molar-refractivity contribution in [2.75, 3.05) is 18.6 Å². The van der Waals surface area contributed by atoms with E-state index in [1.165, 1.54) is 4.90 Å². The van der Waals surface area contributed by atoms with Crippen molar-refractivity contribution in [1.29, 1.82) is 0 Å². The summed E-state index contributed by atoms with van der Waals surface area (Å²) < 4.78 is 5.76. The van der Waals surface area contributed by atoms with Crippen molar-refractivity contribution in [2.24, 2.45) is 5.92 Å². The van der Waals surface area contributed by atoms with Crippen molar-refractivity contribution < 1.29 is 14.3 Å². The van der Waals surface area contributed by atoms with Gasteiger partial charge in [-0.1, -0.05) is 25.5 Å². The van der Waals surface area contributed by atoms with Gasteiger partial charge in [0.15, 0.2) is 5.69 Å². The Morgan fingerprint density at radius 3 is 3.04 bits per heavy atom. The molecule has 0 spiro atoms. The predicted octanol–water partition coefficient (Wildman–Crippen LogP) is 2.08. The fourth-order valence-corrected chi connectivity index (χ4v) is 3.89. The van der Waals surface area contributed by atoms with Gasteiger partial charge in [0.2, 0.25) is 0 Å². The van der Waals surface area contributed by atoms with Gasteiger partial charge >= 0.3 is 0 Å². The molecule has 0 saturated heterocycles. The van der Waals surface area contributed by atoms with Gasteiger partial charge in [0.25, 0.3) is 11.8 Å². The highest BCUT2D eigenvalue weighted by molar-refractivity contribution is 6.03. The summed E-state index contributed by atoms with van der Waals surface area (Å²) in [4.78, 5) is 27.2. The van der Waals surface area contributed by atoms with Gasteiger partial charge in [0, 0.05) is 18.3 Å². The molecule has 2 atom stereocenters. The first-order chi connectivity index (χ1) is 13.1. The molecule has 0 saturated carbocycles. The van der Waals surface area contributed by atoms with E-state index in [2.05, 4.69) is 22.4 Å². The topological polar surface area (TPSA) is 87.3 Å². The third-order valence-corrected chi connectivity index (χ3v) is 5.61. The highest BCUT2D eigenvalue weighted by Crippen LogP contribution is 2.30. The number of nitrogens with one attached hydrogen (secondary N) is 2. The Morgan fingerprint density at radius 2 is 2.22 bits per heavy atom. The standard InChI is InChI=1S/C20H24N4O3/c1-3-12-8-9-14-13(10-12)18(23-22-14)19(25)21-15-11-27-17-7-5-4-6-16(17)24(2)20(15)26/h4-7,12,15H,3,8-11H2,1-2H3,(H,21,25)(H,22,23)/t12?,15-/m0/s1. The number of hydrogen-bond acceptors (Lipinski definition) is 4. The molecule has 4 rings (SSSR count). The van der Waals surface area contributed by atoms with Crippen LogP contribution < -0.4 is 15.0 Å². The number of hydrogen-bond donors (Lipinski definition) is 2. The van der Waals surface area contributed by atoms with Crippen molar-refractivity contribution in [1.82, 2.24) is 15.5 Å². The van der Waals surface area contributed by atoms with Crippen molar-refractivity contribution in [3.05, 3.63) is 41.2 Å². The van der Waals surface area contributed by atoms with Crippen molar-refractivity contribution in [3.8, 4) is 5.75 Å². The van der Waals surface area contributed by atoms with Crippen LogP contribution >= 0.6 is 0 Å². The average Bonchev–Trinajstić information content (AvgIpc) is 3.08. The second kappa shape index (κ2) is 7.06. The van der Waals surface area contributed by atoms with Crippen LogP contribution in [-0.4, -0.2) is 41.7 Å². The largest absolute Gasteiger partial charge is 0.489 e. The summed E-state index contributed by atoms with van der Waals surface area (Å²) in [6, 6.07) is 6.60. The fourth-order valence-electron chi connectivity index (χ4n) is 3.89. The highest BCUT2D eigenvalue weighted by atomic mass is 16.5. The van der Waals surface area contributed by atoms with Crippen LogP contribution in [0.15, 0.2) is 24.3 Å². The Bertz CT molecular complexity index is 876. The average molecular weight is 368 g/mol. The highest BCUT2D eigenvalue weighted by Gasteiger charge is 2.33. The molecule has 0 fully saturated rings. The van der Waals surface area contributed by atoms with Gasteiger partial charge in [-0.25, -0.2) is 0 Å². The number of likely N-dealkylation sites (N-methyl/N-ethyl adjacent to an activating group) is 1. The molecular weight excluding hydrogens is 344 g/mol. The molecule has 27 heavy (non-hydrogen) atoms. The smallest absolute Gasteiger partial charge is 0.272 e. The SMILES string of the molecule is CCC1CCc2[nH]nc(C(=O)N[C@H]3COc4ccccc4N(C)C3=O)c2C1. The molecule has 2 N–H and O–H groups in total. The minimum absolute atomic E-state index is 0.0934. The number of aryl methyl sites for hydroxylation is 1. The normalized spacial score (nSPS) is 21.7. The number of ether oxygens (including phenoxy) is 1. The molecule has 1 unspecified atom stereocenters. The molecule has 0 bridgehead atoms. The molecule has 0 radical (unpaired) electrons. The lowest BCUT2D eigenvalue weighted by molar-refractivity contribution is -0.120. The Labute approximate surface area is 158 Å². The zero-order valence-electron chi connectivity index (χ0n) is 15.6. The van der Waals surface area contributed by atoms with E-state index in [1.54, 1.807) is 7.05 Å². The lowest BCUT2D eigenvalue weighted by Gasteiger charge is -2.22. The lowest BCUT2D eigenvalue weighted by Crippen LogP contribution is -2.49. The van der Waals surface area contributed by atoms with Crippen LogP contribution in [0.4, 0.5) is 5.69 Å². The summed E-state index contributed by atoms with van der Waals surface area (Å²) in [6.45, 7) is 2.26. The zero-order valence-corrected chi connectivity index (χ0v) is 15.6. The number of fused-ring (bicyclic) bond motifs is 2. The molecule has 1 aromatic heterocycles. The third-order valence-electron chi connectivity index (χ3n) is 5.61. The number of carbonyl (C=O) groups is 2. The van der Waals surface area contributed by atoms with Gasteiger partial charge in [0.05, 0.1) is 5.69 Å². The number of amides is 2. The van der Waals surface area contributed by atoms with Crippen LogP contribution in [-0.2, 0) is 17.6 Å². The summed E-state index contributed by atoms with van der Waals surface area (Å²) in [7, 11) is 1.69. The summed E-state index contributed by atoms with van der Waals surface area (Å²) in [5.41, 5.74) is 3.13.